The van der Waals surface area contributed by atoms with Crippen LogP contribution >= 0.6 is 22.9 Å². The maximum Gasteiger partial charge on any atom is 0.416 e. The van der Waals surface area contributed by atoms with Crippen molar-refractivity contribution in [3.8, 4) is 0 Å². The minimum atomic E-state index is -4.43. The van der Waals surface area contributed by atoms with Gasteiger partial charge < -0.3 is 4.57 Å². The SMILES string of the molecule is CC(C)(C)c1csc(=Nc2cc(C(F)(F)F)ccc2Cl)n1C(C)(C)C. The van der Waals surface area contributed by atoms with Crippen LogP contribution in [0.5, 0.6) is 0 Å². The van der Waals surface area contributed by atoms with Crippen molar-refractivity contribution in [2.75, 3.05) is 0 Å². The van der Waals surface area contributed by atoms with Gasteiger partial charge in [0.25, 0.3) is 0 Å². The molecule has 0 aliphatic carbocycles. The van der Waals surface area contributed by atoms with E-state index in [2.05, 4.69) is 30.3 Å². The van der Waals surface area contributed by atoms with Gasteiger partial charge in [0.1, 0.15) is 0 Å². The molecule has 0 bridgehead atoms. The monoisotopic (exact) mass is 390 g/mol. The number of hydrogen-bond donors (Lipinski definition) is 0. The molecule has 2 nitrogen and oxygen atoms in total. The molecule has 1 heterocycles. The molecule has 0 aliphatic heterocycles. The summed E-state index contributed by atoms with van der Waals surface area (Å²) in [6.07, 6.45) is -4.43. The number of alkyl halides is 3. The van der Waals surface area contributed by atoms with Crippen LogP contribution < -0.4 is 4.80 Å². The highest BCUT2D eigenvalue weighted by atomic mass is 35.5. The Hall–Kier alpha value is -1.27. The normalized spacial score (nSPS) is 14.2. The van der Waals surface area contributed by atoms with Crippen LogP contribution in [0.2, 0.25) is 5.02 Å². The van der Waals surface area contributed by atoms with E-state index in [-0.39, 0.29) is 21.7 Å². The van der Waals surface area contributed by atoms with Crippen LogP contribution in [0.15, 0.2) is 28.6 Å². The summed E-state index contributed by atoms with van der Waals surface area (Å²) in [5, 5.41) is 2.20. The van der Waals surface area contributed by atoms with Crippen LogP contribution in [-0.4, -0.2) is 4.57 Å². The Bertz CT molecular complexity index is 834. The number of nitrogens with zero attached hydrogens (tertiary/aromatic N) is 2. The maximum absolute atomic E-state index is 13.0. The van der Waals surface area contributed by atoms with Gasteiger partial charge in [-0.1, -0.05) is 32.4 Å². The van der Waals surface area contributed by atoms with Crippen LogP contribution in [0, 0.1) is 0 Å². The minimum absolute atomic E-state index is 0.116. The van der Waals surface area contributed by atoms with Gasteiger partial charge in [-0.2, -0.15) is 13.2 Å². The zero-order chi connectivity index (χ0) is 19.2. The predicted molar refractivity (Wildman–Crippen MR) is 97.7 cm³/mol. The van der Waals surface area contributed by atoms with Gasteiger partial charge in [0.05, 0.1) is 16.3 Å². The van der Waals surface area contributed by atoms with Gasteiger partial charge in [-0.3, -0.25) is 0 Å². The van der Waals surface area contributed by atoms with Crippen molar-refractivity contribution in [1.29, 1.82) is 0 Å². The zero-order valence-corrected chi connectivity index (χ0v) is 16.7. The third kappa shape index (κ3) is 4.47. The van der Waals surface area contributed by atoms with Gasteiger partial charge in [0.2, 0.25) is 0 Å². The van der Waals surface area contributed by atoms with Crippen molar-refractivity contribution in [2.45, 2.75) is 58.7 Å². The molecule has 0 amide bonds. The Morgan fingerprint density at radius 1 is 1.04 bits per heavy atom. The molecular weight excluding hydrogens is 369 g/mol. The highest BCUT2D eigenvalue weighted by molar-refractivity contribution is 7.07. The van der Waals surface area contributed by atoms with E-state index in [9.17, 15) is 13.2 Å². The summed E-state index contributed by atoms with van der Waals surface area (Å²) in [7, 11) is 0. The molecule has 0 N–H and O–H groups in total. The van der Waals surface area contributed by atoms with Crippen molar-refractivity contribution >= 4 is 28.6 Å². The Morgan fingerprint density at radius 2 is 1.64 bits per heavy atom. The predicted octanol–water partition coefficient (Wildman–Crippen LogP) is 6.51. The lowest BCUT2D eigenvalue weighted by molar-refractivity contribution is -0.137. The molecule has 138 valence electrons. The molecule has 0 spiro atoms. The molecule has 0 fully saturated rings. The number of thiazole rings is 1. The second-order valence-corrected chi connectivity index (χ2v) is 9.18. The number of benzene rings is 1. The average molecular weight is 391 g/mol. The van der Waals surface area contributed by atoms with Crippen molar-refractivity contribution in [3.05, 3.63) is 44.7 Å². The van der Waals surface area contributed by atoms with Gasteiger partial charge in [-0.15, -0.1) is 11.3 Å². The Balaban J connectivity index is 2.74. The summed E-state index contributed by atoms with van der Waals surface area (Å²) in [4.78, 5) is 5.09. The largest absolute Gasteiger partial charge is 0.416 e. The van der Waals surface area contributed by atoms with E-state index < -0.39 is 11.7 Å². The molecule has 7 heteroatoms. The third-order valence-corrected chi connectivity index (χ3v) is 4.78. The van der Waals surface area contributed by atoms with Gasteiger partial charge in [0, 0.05) is 22.0 Å². The van der Waals surface area contributed by atoms with Gasteiger partial charge in [-0.05, 0) is 39.0 Å². The summed E-state index contributed by atoms with van der Waals surface area (Å²) in [5.41, 5.74) is 0.0549. The highest BCUT2D eigenvalue weighted by Crippen LogP contribution is 2.35. The topological polar surface area (TPSA) is 17.3 Å². The standard InChI is InChI=1S/C18H22ClF3N2S/c1-16(2,3)14-10-25-15(24(14)17(4,5)6)23-13-9-11(18(20,21)22)7-8-12(13)19/h7-10H,1-6H3. The number of rotatable bonds is 1. The van der Waals surface area contributed by atoms with E-state index >= 15 is 0 Å². The molecule has 2 aromatic rings. The van der Waals surface area contributed by atoms with Crippen LogP contribution in [0.1, 0.15) is 52.8 Å². The lowest BCUT2D eigenvalue weighted by Gasteiger charge is -2.29. The molecule has 1 aromatic heterocycles. The number of hydrogen-bond acceptors (Lipinski definition) is 2. The van der Waals surface area contributed by atoms with Crippen molar-refractivity contribution in [3.63, 3.8) is 0 Å². The molecule has 0 unspecified atom stereocenters. The quantitative estimate of drug-likeness (QED) is 0.528. The smallest absolute Gasteiger partial charge is 0.315 e. The first-order chi connectivity index (χ1) is 11.2. The molecule has 0 saturated carbocycles. The van der Waals surface area contributed by atoms with E-state index in [1.165, 1.54) is 17.4 Å². The molecule has 0 atom stereocenters. The van der Waals surface area contributed by atoms with Gasteiger partial charge in [0.15, 0.2) is 4.80 Å². The minimum Gasteiger partial charge on any atom is -0.315 e. The second kappa shape index (κ2) is 6.47. The Labute approximate surface area is 155 Å². The third-order valence-electron chi connectivity index (χ3n) is 3.64. The summed E-state index contributed by atoms with van der Waals surface area (Å²) in [6.45, 7) is 12.4. The van der Waals surface area contributed by atoms with Crippen LogP contribution in [0.25, 0.3) is 0 Å². The van der Waals surface area contributed by atoms with Gasteiger partial charge >= 0.3 is 6.18 Å². The van der Waals surface area contributed by atoms with E-state index in [1.54, 1.807) is 0 Å². The molecule has 0 saturated heterocycles. The van der Waals surface area contributed by atoms with Crippen LogP contribution in [-0.2, 0) is 17.1 Å². The fourth-order valence-corrected chi connectivity index (χ4v) is 3.90. The lowest BCUT2D eigenvalue weighted by Crippen LogP contribution is -2.36. The first-order valence-electron chi connectivity index (χ1n) is 7.84. The highest BCUT2D eigenvalue weighted by Gasteiger charge is 2.31. The number of aromatic nitrogens is 1. The zero-order valence-electron chi connectivity index (χ0n) is 15.1. The first kappa shape index (κ1) is 20.0. The summed E-state index contributed by atoms with van der Waals surface area (Å²) >= 11 is 7.50. The van der Waals surface area contributed by atoms with Crippen molar-refractivity contribution in [1.82, 2.24) is 4.57 Å². The Kier molecular flexibility index (Phi) is 5.19. The summed E-state index contributed by atoms with van der Waals surface area (Å²) < 4.78 is 41.0. The van der Waals surface area contributed by atoms with Crippen LogP contribution in [0.4, 0.5) is 18.9 Å². The summed E-state index contributed by atoms with van der Waals surface area (Å²) in [5.74, 6) is 0. The molecule has 25 heavy (non-hydrogen) atoms. The Morgan fingerprint density at radius 3 is 2.12 bits per heavy atom. The summed E-state index contributed by atoms with van der Waals surface area (Å²) in [6, 6.07) is 3.20. The van der Waals surface area contributed by atoms with E-state index in [0.29, 0.717) is 4.80 Å². The van der Waals surface area contributed by atoms with Gasteiger partial charge in [-0.25, -0.2) is 4.99 Å². The number of halogens is 4. The first-order valence-corrected chi connectivity index (χ1v) is 9.10. The van der Waals surface area contributed by atoms with Crippen LogP contribution in [0.3, 0.4) is 0 Å². The fourth-order valence-electron chi connectivity index (χ4n) is 2.43. The average Bonchev–Trinajstić information content (AvgIpc) is 2.83. The molecular formula is C18H22ClF3N2S. The molecule has 2 rings (SSSR count). The molecule has 0 aliphatic rings. The lowest BCUT2D eigenvalue weighted by atomic mass is 9.91. The maximum atomic E-state index is 13.0. The van der Waals surface area contributed by atoms with Crippen molar-refractivity contribution < 1.29 is 13.2 Å². The van der Waals surface area contributed by atoms with E-state index in [4.69, 9.17) is 11.6 Å². The van der Waals surface area contributed by atoms with E-state index in [0.717, 1.165) is 17.8 Å². The van der Waals surface area contributed by atoms with Crippen molar-refractivity contribution in [2.24, 2.45) is 4.99 Å². The molecule has 1 aromatic carbocycles. The molecule has 0 radical (unpaired) electrons. The fraction of sp³-hybridized carbons (Fsp3) is 0.500. The van der Waals surface area contributed by atoms with E-state index in [1.807, 2.05) is 26.2 Å². The second-order valence-electron chi connectivity index (χ2n) is 7.94.